The van der Waals surface area contributed by atoms with E-state index in [2.05, 4.69) is 10.6 Å². The lowest BCUT2D eigenvalue weighted by Gasteiger charge is -2.09. The summed E-state index contributed by atoms with van der Waals surface area (Å²) in [6.07, 6.45) is 0.867. The van der Waals surface area contributed by atoms with Gasteiger partial charge in [0, 0.05) is 6.54 Å². The van der Waals surface area contributed by atoms with Crippen molar-refractivity contribution < 1.29 is 14.3 Å². The van der Waals surface area contributed by atoms with Crippen molar-refractivity contribution in [1.29, 1.82) is 0 Å². The monoisotopic (exact) mass is 250 g/mol. The minimum Gasteiger partial charge on any atom is -0.496 e. The van der Waals surface area contributed by atoms with Gasteiger partial charge in [0.2, 0.25) is 5.91 Å². The van der Waals surface area contributed by atoms with E-state index in [1.807, 2.05) is 6.92 Å². The molecule has 0 radical (unpaired) electrons. The molecular formula is C13H18N2O3. The normalized spacial score (nSPS) is 9.67. The smallest absolute Gasteiger partial charge is 0.255 e. The average molecular weight is 250 g/mol. The van der Waals surface area contributed by atoms with E-state index in [1.165, 1.54) is 7.11 Å². The number of amides is 2. The fraction of sp³-hybridized carbons (Fsp3) is 0.385. The van der Waals surface area contributed by atoms with Gasteiger partial charge in [-0.05, 0) is 18.6 Å². The summed E-state index contributed by atoms with van der Waals surface area (Å²) in [5.74, 6) is -0.0248. The molecule has 1 aromatic rings. The summed E-state index contributed by atoms with van der Waals surface area (Å²) in [5, 5.41) is 5.23. The maximum Gasteiger partial charge on any atom is 0.255 e. The van der Waals surface area contributed by atoms with E-state index in [0.717, 1.165) is 6.42 Å². The molecule has 0 fully saturated rings. The van der Waals surface area contributed by atoms with Crippen LogP contribution in [0.15, 0.2) is 24.3 Å². The largest absolute Gasteiger partial charge is 0.496 e. The van der Waals surface area contributed by atoms with Crippen molar-refractivity contribution in [3.63, 3.8) is 0 Å². The predicted octanol–water partition coefficient (Wildman–Crippen LogP) is 0.951. The highest BCUT2D eigenvalue weighted by atomic mass is 16.5. The number of hydrogen-bond acceptors (Lipinski definition) is 3. The molecule has 0 heterocycles. The molecule has 0 atom stereocenters. The van der Waals surface area contributed by atoms with Gasteiger partial charge in [-0.15, -0.1) is 0 Å². The lowest BCUT2D eigenvalue weighted by atomic mass is 10.2. The molecule has 1 aromatic carbocycles. The van der Waals surface area contributed by atoms with E-state index in [9.17, 15) is 9.59 Å². The first-order valence-electron chi connectivity index (χ1n) is 5.87. The van der Waals surface area contributed by atoms with Crippen molar-refractivity contribution in [1.82, 2.24) is 10.6 Å². The van der Waals surface area contributed by atoms with Crippen LogP contribution in [0.2, 0.25) is 0 Å². The third kappa shape index (κ3) is 4.08. The van der Waals surface area contributed by atoms with Gasteiger partial charge in [0.1, 0.15) is 5.75 Å². The average Bonchev–Trinajstić information content (AvgIpc) is 2.42. The maximum absolute atomic E-state index is 11.8. The molecule has 0 saturated heterocycles. The molecule has 0 aromatic heterocycles. The highest BCUT2D eigenvalue weighted by Gasteiger charge is 2.11. The maximum atomic E-state index is 11.8. The van der Waals surface area contributed by atoms with Crippen LogP contribution >= 0.6 is 0 Å². The highest BCUT2D eigenvalue weighted by Crippen LogP contribution is 2.16. The number of nitrogens with one attached hydrogen (secondary N) is 2. The van der Waals surface area contributed by atoms with Gasteiger partial charge >= 0.3 is 0 Å². The molecule has 0 aliphatic rings. The van der Waals surface area contributed by atoms with Crippen molar-refractivity contribution in [3.8, 4) is 5.75 Å². The zero-order chi connectivity index (χ0) is 13.4. The lowest BCUT2D eigenvalue weighted by Crippen LogP contribution is -2.37. The van der Waals surface area contributed by atoms with Crippen molar-refractivity contribution in [2.75, 3.05) is 20.2 Å². The molecule has 18 heavy (non-hydrogen) atoms. The van der Waals surface area contributed by atoms with Crippen LogP contribution in [0.3, 0.4) is 0 Å². The molecule has 0 spiro atoms. The number of ether oxygens (including phenoxy) is 1. The van der Waals surface area contributed by atoms with Crippen molar-refractivity contribution in [2.24, 2.45) is 0 Å². The molecular weight excluding hydrogens is 232 g/mol. The van der Waals surface area contributed by atoms with Gasteiger partial charge < -0.3 is 15.4 Å². The van der Waals surface area contributed by atoms with Crippen LogP contribution in [0, 0.1) is 0 Å². The van der Waals surface area contributed by atoms with Crippen LogP contribution in [0.4, 0.5) is 0 Å². The van der Waals surface area contributed by atoms with E-state index in [0.29, 0.717) is 17.9 Å². The summed E-state index contributed by atoms with van der Waals surface area (Å²) in [5.41, 5.74) is 0.420. The zero-order valence-electron chi connectivity index (χ0n) is 10.7. The Bertz CT molecular complexity index is 418. The van der Waals surface area contributed by atoms with Crippen LogP contribution < -0.4 is 15.4 Å². The van der Waals surface area contributed by atoms with E-state index in [4.69, 9.17) is 4.74 Å². The summed E-state index contributed by atoms with van der Waals surface area (Å²) in [6, 6.07) is 6.88. The van der Waals surface area contributed by atoms with Crippen molar-refractivity contribution in [3.05, 3.63) is 29.8 Å². The summed E-state index contributed by atoms with van der Waals surface area (Å²) in [4.78, 5) is 23.2. The third-order valence-electron chi connectivity index (χ3n) is 2.33. The Morgan fingerprint density at radius 2 is 1.94 bits per heavy atom. The molecule has 1 rings (SSSR count). The number of hydrogen-bond donors (Lipinski definition) is 2. The summed E-state index contributed by atoms with van der Waals surface area (Å²) < 4.78 is 5.08. The molecule has 2 N–H and O–H groups in total. The topological polar surface area (TPSA) is 67.4 Å². The van der Waals surface area contributed by atoms with Crippen molar-refractivity contribution >= 4 is 11.8 Å². The van der Waals surface area contributed by atoms with Crippen molar-refractivity contribution in [2.45, 2.75) is 13.3 Å². The van der Waals surface area contributed by atoms with Gasteiger partial charge in [-0.2, -0.15) is 0 Å². The zero-order valence-corrected chi connectivity index (χ0v) is 10.7. The van der Waals surface area contributed by atoms with Gasteiger partial charge in [0.25, 0.3) is 5.91 Å². The van der Waals surface area contributed by atoms with Gasteiger partial charge in [-0.1, -0.05) is 19.1 Å². The van der Waals surface area contributed by atoms with Crippen LogP contribution in [-0.2, 0) is 4.79 Å². The number of carbonyl (C=O) groups is 2. The standard InChI is InChI=1S/C13H18N2O3/c1-3-8-14-12(16)9-15-13(17)10-6-4-5-7-11(10)18-2/h4-7H,3,8-9H2,1-2H3,(H,14,16)(H,15,17). The van der Waals surface area contributed by atoms with Gasteiger partial charge in [0.05, 0.1) is 19.2 Å². The first-order chi connectivity index (χ1) is 8.69. The van der Waals surface area contributed by atoms with E-state index in [-0.39, 0.29) is 18.4 Å². The SMILES string of the molecule is CCCNC(=O)CNC(=O)c1ccccc1OC. The molecule has 0 aliphatic carbocycles. The summed E-state index contributed by atoms with van der Waals surface area (Å²) in [7, 11) is 1.50. The van der Waals surface area contributed by atoms with Crippen LogP contribution in [0.1, 0.15) is 23.7 Å². The number of rotatable bonds is 6. The second-order valence-electron chi connectivity index (χ2n) is 3.73. The minimum absolute atomic E-state index is 0.0309. The van der Waals surface area contributed by atoms with E-state index < -0.39 is 0 Å². The quantitative estimate of drug-likeness (QED) is 0.790. The molecule has 98 valence electrons. The summed E-state index contributed by atoms with van der Waals surface area (Å²) in [6.45, 7) is 2.55. The third-order valence-corrected chi connectivity index (χ3v) is 2.33. The Hall–Kier alpha value is -2.04. The first-order valence-corrected chi connectivity index (χ1v) is 5.87. The van der Waals surface area contributed by atoms with Gasteiger partial charge in [0.15, 0.2) is 0 Å². The predicted molar refractivity (Wildman–Crippen MR) is 68.6 cm³/mol. The Labute approximate surface area is 107 Å². The first kappa shape index (κ1) is 14.0. The number of carbonyl (C=O) groups excluding carboxylic acids is 2. The second-order valence-corrected chi connectivity index (χ2v) is 3.73. The minimum atomic E-state index is -0.320. The van der Waals surface area contributed by atoms with Gasteiger partial charge in [-0.25, -0.2) is 0 Å². The molecule has 5 heteroatoms. The Morgan fingerprint density at radius 1 is 1.22 bits per heavy atom. The Balaban J connectivity index is 2.52. The Kier molecular flexibility index (Phi) is 5.70. The number of methoxy groups -OCH3 is 1. The second kappa shape index (κ2) is 7.32. The fourth-order valence-corrected chi connectivity index (χ4v) is 1.41. The lowest BCUT2D eigenvalue weighted by molar-refractivity contribution is -0.120. The molecule has 0 unspecified atom stereocenters. The van der Waals surface area contributed by atoms with E-state index in [1.54, 1.807) is 24.3 Å². The van der Waals surface area contributed by atoms with Gasteiger partial charge in [-0.3, -0.25) is 9.59 Å². The molecule has 2 amide bonds. The van der Waals surface area contributed by atoms with Crippen LogP contribution in [0.25, 0.3) is 0 Å². The summed E-state index contributed by atoms with van der Waals surface area (Å²) >= 11 is 0. The number of benzene rings is 1. The molecule has 5 nitrogen and oxygen atoms in total. The van der Waals surface area contributed by atoms with Crippen LogP contribution in [0.5, 0.6) is 5.75 Å². The fourth-order valence-electron chi connectivity index (χ4n) is 1.41. The van der Waals surface area contributed by atoms with E-state index >= 15 is 0 Å². The Morgan fingerprint density at radius 3 is 2.61 bits per heavy atom. The molecule has 0 aliphatic heterocycles. The highest BCUT2D eigenvalue weighted by molar-refractivity contribution is 5.98. The molecule has 0 bridgehead atoms. The number of para-hydroxylation sites is 1. The van der Waals surface area contributed by atoms with Crippen LogP contribution in [-0.4, -0.2) is 32.0 Å². The molecule has 0 saturated carbocycles.